The molecule has 2 heterocycles. The Labute approximate surface area is 133 Å². The van der Waals surface area contributed by atoms with Crippen molar-refractivity contribution in [2.75, 3.05) is 0 Å². The van der Waals surface area contributed by atoms with Crippen molar-refractivity contribution >= 4 is 21.7 Å². The molecule has 2 fully saturated rings. The van der Waals surface area contributed by atoms with Gasteiger partial charge < -0.3 is 15.1 Å². The van der Waals surface area contributed by atoms with E-state index in [1.165, 1.54) is 13.8 Å². The molecule has 8 heteroatoms. The predicted molar refractivity (Wildman–Crippen MR) is 79.9 cm³/mol. The highest BCUT2D eigenvalue weighted by atomic mass is 32.2. The lowest BCUT2D eigenvalue weighted by atomic mass is 9.85. The van der Waals surface area contributed by atoms with Crippen LogP contribution in [0.1, 0.15) is 25.5 Å². The topological polar surface area (TPSA) is 112 Å². The van der Waals surface area contributed by atoms with E-state index in [0.717, 1.165) is 4.90 Å². The monoisotopic (exact) mass is 339 g/mol. The minimum Gasteiger partial charge on any atom is -0.480 e. The second-order valence-corrected chi connectivity index (χ2v) is 9.03. The maximum absolute atomic E-state index is 12.7. The van der Waals surface area contributed by atoms with Gasteiger partial charge in [-0.3, -0.25) is 4.79 Å². The summed E-state index contributed by atoms with van der Waals surface area (Å²) in [4.78, 5) is 24.7. The van der Waals surface area contributed by atoms with Gasteiger partial charge in [0.1, 0.15) is 17.3 Å². The van der Waals surface area contributed by atoms with Gasteiger partial charge in [0.05, 0.1) is 10.9 Å². The number of aliphatic hydroxyl groups excluding tert-OH is 1. The van der Waals surface area contributed by atoms with Crippen molar-refractivity contribution in [2.45, 2.75) is 36.1 Å². The van der Waals surface area contributed by atoms with Crippen LogP contribution in [0.4, 0.5) is 0 Å². The lowest BCUT2D eigenvalue weighted by Gasteiger charge is -2.44. The Balaban J connectivity index is 2.04. The summed E-state index contributed by atoms with van der Waals surface area (Å²) in [5.74, 6) is -3.18. The van der Waals surface area contributed by atoms with Gasteiger partial charge in [0, 0.05) is 0 Å². The predicted octanol–water partition coefficient (Wildman–Crippen LogP) is 0.165. The van der Waals surface area contributed by atoms with Crippen molar-refractivity contribution in [1.82, 2.24) is 4.90 Å². The molecule has 1 amide bonds. The van der Waals surface area contributed by atoms with Crippen molar-refractivity contribution in [3.05, 3.63) is 35.9 Å². The lowest BCUT2D eigenvalue weighted by molar-refractivity contribution is -0.169. The molecule has 0 saturated carbocycles. The van der Waals surface area contributed by atoms with Gasteiger partial charge in [0.2, 0.25) is 5.91 Å². The molecule has 3 rings (SSSR count). The van der Waals surface area contributed by atoms with Crippen LogP contribution in [0.5, 0.6) is 0 Å². The van der Waals surface area contributed by atoms with Crippen molar-refractivity contribution in [3.8, 4) is 0 Å². The van der Waals surface area contributed by atoms with Crippen LogP contribution in [0.2, 0.25) is 0 Å². The van der Waals surface area contributed by atoms with E-state index in [-0.39, 0.29) is 0 Å². The van der Waals surface area contributed by atoms with Gasteiger partial charge in [-0.1, -0.05) is 30.3 Å². The third-order valence-corrected chi connectivity index (χ3v) is 7.67. The molecule has 0 bridgehead atoms. The number of hydrogen-bond acceptors (Lipinski definition) is 5. The van der Waals surface area contributed by atoms with Crippen molar-refractivity contribution in [2.24, 2.45) is 5.92 Å². The SMILES string of the molecule is CC1(C)C(C(=O)O)N2C(=O)C(C(O)c3ccccc3)C2S1(=O)=O. The molecule has 0 spiro atoms. The molecule has 2 saturated heterocycles. The largest absolute Gasteiger partial charge is 0.480 e. The summed E-state index contributed by atoms with van der Waals surface area (Å²) in [6, 6.07) is 6.84. The number of hydrogen-bond donors (Lipinski definition) is 2. The Morgan fingerprint density at radius 2 is 1.83 bits per heavy atom. The molecule has 1 aromatic carbocycles. The highest BCUT2D eigenvalue weighted by Crippen LogP contribution is 2.51. The molecule has 4 unspecified atom stereocenters. The zero-order valence-electron chi connectivity index (χ0n) is 12.6. The first-order chi connectivity index (χ1) is 10.6. The number of β-lactam (4-membered cyclic amide) rings is 1. The molecule has 0 aliphatic carbocycles. The fourth-order valence-electron chi connectivity index (χ4n) is 3.49. The normalized spacial score (nSPS) is 32.0. The summed E-state index contributed by atoms with van der Waals surface area (Å²) in [6.45, 7) is 2.61. The molecule has 0 aromatic heterocycles. The summed E-state index contributed by atoms with van der Waals surface area (Å²) >= 11 is 0. The molecular weight excluding hydrogens is 322 g/mol. The van der Waals surface area contributed by atoms with E-state index in [4.69, 9.17) is 0 Å². The molecule has 0 radical (unpaired) electrons. The molecule has 2 N–H and O–H groups in total. The summed E-state index contributed by atoms with van der Waals surface area (Å²) in [5.41, 5.74) is 0.428. The number of carboxylic acid groups (broad SMARTS) is 1. The fraction of sp³-hybridized carbons (Fsp3) is 0.467. The van der Waals surface area contributed by atoms with Gasteiger partial charge >= 0.3 is 5.97 Å². The molecule has 2 aliphatic heterocycles. The second kappa shape index (κ2) is 4.78. The van der Waals surface area contributed by atoms with Crippen LogP contribution in [0.25, 0.3) is 0 Å². The summed E-state index contributed by atoms with van der Waals surface area (Å²) in [7, 11) is -3.93. The van der Waals surface area contributed by atoms with E-state index >= 15 is 0 Å². The Morgan fingerprint density at radius 3 is 2.35 bits per heavy atom. The number of aliphatic hydroxyl groups is 1. The Bertz CT molecular complexity index is 772. The fourth-order valence-corrected chi connectivity index (χ4v) is 5.82. The van der Waals surface area contributed by atoms with E-state index < -0.39 is 49.9 Å². The van der Waals surface area contributed by atoms with E-state index in [1.807, 2.05) is 0 Å². The highest BCUT2D eigenvalue weighted by molar-refractivity contribution is 7.93. The van der Waals surface area contributed by atoms with Gasteiger partial charge in [0.15, 0.2) is 9.84 Å². The molecular formula is C15H17NO6S. The van der Waals surface area contributed by atoms with Gasteiger partial charge in [-0.25, -0.2) is 13.2 Å². The second-order valence-electron chi connectivity index (χ2n) is 6.41. The number of sulfone groups is 1. The third-order valence-electron chi connectivity index (χ3n) is 4.82. The first-order valence-corrected chi connectivity index (χ1v) is 8.68. The maximum atomic E-state index is 12.7. The van der Waals surface area contributed by atoms with Crippen LogP contribution in [0.15, 0.2) is 30.3 Å². The van der Waals surface area contributed by atoms with Crippen LogP contribution < -0.4 is 0 Å². The molecule has 1 aromatic rings. The minimum atomic E-state index is -3.93. The number of fused-ring (bicyclic) bond motifs is 1. The minimum absolute atomic E-state index is 0.428. The Hall–Kier alpha value is -1.93. The van der Waals surface area contributed by atoms with Crippen molar-refractivity contribution in [3.63, 3.8) is 0 Å². The zero-order valence-corrected chi connectivity index (χ0v) is 13.4. The molecule has 23 heavy (non-hydrogen) atoms. The number of benzene rings is 1. The van der Waals surface area contributed by atoms with Crippen LogP contribution in [0, 0.1) is 5.92 Å². The van der Waals surface area contributed by atoms with E-state index in [1.54, 1.807) is 30.3 Å². The Kier molecular flexibility index (Phi) is 3.32. The number of rotatable bonds is 3. The van der Waals surface area contributed by atoms with Crippen LogP contribution >= 0.6 is 0 Å². The quantitative estimate of drug-likeness (QED) is 0.759. The van der Waals surface area contributed by atoms with Gasteiger partial charge in [-0.05, 0) is 19.4 Å². The summed E-state index contributed by atoms with van der Waals surface area (Å²) < 4.78 is 23.8. The number of amides is 1. The smallest absolute Gasteiger partial charge is 0.328 e. The van der Waals surface area contributed by atoms with Gasteiger partial charge in [-0.2, -0.15) is 0 Å². The zero-order chi connectivity index (χ0) is 17.2. The van der Waals surface area contributed by atoms with E-state index in [2.05, 4.69) is 0 Å². The molecule has 124 valence electrons. The van der Waals surface area contributed by atoms with Crippen molar-refractivity contribution < 1.29 is 28.2 Å². The van der Waals surface area contributed by atoms with Crippen LogP contribution in [-0.2, 0) is 19.4 Å². The maximum Gasteiger partial charge on any atom is 0.328 e. The third kappa shape index (κ3) is 1.88. The number of carbonyl (C=O) groups is 2. The van der Waals surface area contributed by atoms with Crippen LogP contribution in [0.3, 0.4) is 0 Å². The standard InChI is InChI=1S/C15H17NO6S/c1-15(2)11(14(19)20)16-12(18)9(13(16)23(15,21)22)10(17)8-6-4-3-5-7-8/h3-7,9-11,13,17H,1-2H3,(H,19,20). The lowest BCUT2D eigenvalue weighted by Crippen LogP contribution is -2.64. The Morgan fingerprint density at radius 1 is 1.26 bits per heavy atom. The van der Waals surface area contributed by atoms with E-state index in [0.29, 0.717) is 5.56 Å². The average Bonchev–Trinajstić information content (AvgIpc) is 2.62. The molecule has 2 aliphatic rings. The number of aliphatic carboxylic acids is 1. The van der Waals surface area contributed by atoms with Gasteiger partial charge in [0.25, 0.3) is 0 Å². The highest BCUT2D eigenvalue weighted by Gasteiger charge is 2.73. The first-order valence-electron chi connectivity index (χ1n) is 7.14. The molecule has 7 nitrogen and oxygen atoms in total. The summed E-state index contributed by atoms with van der Waals surface area (Å²) in [6.07, 6.45) is -1.29. The van der Waals surface area contributed by atoms with Gasteiger partial charge in [-0.15, -0.1) is 0 Å². The first kappa shape index (κ1) is 15.9. The number of carboxylic acids is 1. The summed E-state index contributed by atoms with van der Waals surface area (Å²) in [5, 5.41) is 18.5. The van der Waals surface area contributed by atoms with E-state index in [9.17, 15) is 28.2 Å². The average molecular weight is 339 g/mol. The van der Waals surface area contributed by atoms with Crippen molar-refractivity contribution in [1.29, 1.82) is 0 Å². The van der Waals surface area contributed by atoms with Crippen LogP contribution in [-0.4, -0.2) is 51.6 Å². The number of nitrogens with zero attached hydrogens (tertiary/aromatic N) is 1. The molecule has 4 atom stereocenters. The number of carbonyl (C=O) groups excluding carboxylic acids is 1.